The molecule has 28 heavy (non-hydrogen) atoms. The summed E-state index contributed by atoms with van der Waals surface area (Å²) in [7, 11) is 0. The van der Waals surface area contributed by atoms with Crippen molar-refractivity contribution >= 4 is 16.8 Å². The van der Waals surface area contributed by atoms with E-state index in [2.05, 4.69) is 9.97 Å². The van der Waals surface area contributed by atoms with Gasteiger partial charge in [0.2, 0.25) is 5.89 Å². The van der Waals surface area contributed by atoms with Crippen molar-refractivity contribution < 1.29 is 23.8 Å². The number of aliphatic hydroxyl groups excluding tert-OH is 1. The Balaban J connectivity index is 1.42. The Kier molecular flexibility index (Phi) is 5.23. The Morgan fingerprint density at radius 2 is 2.25 bits per heavy atom. The van der Waals surface area contributed by atoms with Crippen molar-refractivity contribution in [2.24, 2.45) is 0 Å². The minimum absolute atomic E-state index is 0.0976. The average molecular weight is 383 g/mol. The highest BCUT2D eigenvalue weighted by Gasteiger charge is 2.35. The minimum atomic E-state index is -0.694. The lowest BCUT2D eigenvalue weighted by Gasteiger charge is -2.27. The van der Waals surface area contributed by atoms with Gasteiger partial charge < -0.3 is 23.9 Å². The highest BCUT2D eigenvalue weighted by molar-refractivity contribution is 5.92. The highest BCUT2D eigenvalue weighted by Crippen LogP contribution is 2.20. The van der Waals surface area contributed by atoms with E-state index in [1.165, 1.54) is 6.26 Å². The summed E-state index contributed by atoms with van der Waals surface area (Å²) in [6.07, 6.45) is 2.36. The van der Waals surface area contributed by atoms with Gasteiger partial charge in [-0.15, -0.1) is 0 Å². The van der Waals surface area contributed by atoms with Crippen molar-refractivity contribution in [2.45, 2.75) is 25.7 Å². The van der Waals surface area contributed by atoms with Gasteiger partial charge in [0.05, 0.1) is 30.9 Å². The van der Waals surface area contributed by atoms with E-state index in [-0.39, 0.29) is 30.9 Å². The van der Waals surface area contributed by atoms with E-state index in [0.29, 0.717) is 24.8 Å². The lowest BCUT2D eigenvalue weighted by molar-refractivity contribution is 0.0515. The Bertz CT molecular complexity index is 973. The number of hydrogen-bond donors (Lipinski definition) is 1. The third-order valence-electron chi connectivity index (χ3n) is 4.73. The number of fused-ring (bicyclic) bond motifs is 1. The van der Waals surface area contributed by atoms with Crippen LogP contribution in [0.4, 0.5) is 0 Å². The molecule has 0 saturated carbocycles. The van der Waals surface area contributed by atoms with E-state index in [4.69, 9.17) is 13.9 Å². The monoisotopic (exact) mass is 383 g/mol. The summed E-state index contributed by atoms with van der Waals surface area (Å²) in [5, 5.41) is 11.0. The van der Waals surface area contributed by atoms with E-state index in [9.17, 15) is 9.90 Å². The maximum absolute atomic E-state index is 12.7. The number of aromatic nitrogens is 2. The maximum Gasteiger partial charge on any atom is 0.276 e. The van der Waals surface area contributed by atoms with Crippen LogP contribution < -0.4 is 4.74 Å². The molecule has 1 aromatic carbocycles. The van der Waals surface area contributed by atoms with Crippen molar-refractivity contribution in [1.82, 2.24) is 14.9 Å². The fraction of sp³-hybridized carbons (Fsp3) is 0.350. The molecule has 0 bridgehead atoms. The van der Waals surface area contributed by atoms with Crippen LogP contribution in [0, 0.1) is 0 Å². The molecule has 146 valence electrons. The molecule has 1 aliphatic heterocycles. The number of rotatable bonds is 6. The number of carbonyl (C=O) groups is 1. The number of likely N-dealkylation sites (N-methyl/N-ethyl adjacent to an activating group) is 1. The molecule has 2 atom stereocenters. The van der Waals surface area contributed by atoms with Gasteiger partial charge in [-0.3, -0.25) is 9.78 Å². The molecule has 1 saturated heterocycles. The number of amides is 1. The zero-order chi connectivity index (χ0) is 19.5. The van der Waals surface area contributed by atoms with Crippen molar-refractivity contribution in [1.29, 1.82) is 0 Å². The molecule has 0 aliphatic carbocycles. The fourth-order valence-electron chi connectivity index (χ4n) is 3.27. The van der Waals surface area contributed by atoms with Crippen LogP contribution in [0.1, 0.15) is 23.3 Å². The average Bonchev–Trinajstić information content (AvgIpc) is 3.36. The predicted molar refractivity (Wildman–Crippen MR) is 99.9 cm³/mol. The fourth-order valence-corrected chi connectivity index (χ4v) is 3.27. The lowest BCUT2D eigenvalue weighted by atomic mass is 10.1. The van der Waals surface area contributed by atoms with Crippen LogP contribution in [-0.2, 0) is 11.3 Å². The molecule has 3 heterocycles. The molecule has 8 nitrogen and oxygen atoms in total. The first kappa shape index (κ1) is 18.4. The number of benzene rings is 1. The summed E-state index contributed by atoms with van der Waals surface area (Å²) in [6, 6.07) is 9.03. The molecule has 8 heteroatoms. The lowest BCUT2D eigenvalue weighted by Crippen LogP contribution is -2.46. The van der Waals surface area contributed by atoms with Gasteiger partial charge in [0.25, 0.3) is 5.91 Å². The zero-order valence-corrected chi connectivity index (χ0v) is 15.4. The van der Waals surface area contributed by atoms with Crippen LogP contribution >= 0.6 is 0 Å². The number of hydrogen-bond acceptors (Lipinski definition) is 7. The molecule has 4 rings (SSSR count). The van der Waals surface area contributed by atoms with Crippen LogP contribution in [0.15, 0.2) is 47.2 Å². The number of aliphatic hydroxyl groups is 1. The molecule has 0 spiro atoms. The standard InChI is InChI=1S/C20H21N3O5/c1-2-23(17-10-26-11-18(17)24)20(25)16-9-28-19(22-16)12-27-14-5-6-15-13(8-14)4-3-7-21-15/h3-9,17-18,24H,2,10-12H2,1H3/t17-,18-/m1/s1. The first-order chi connectivity index (χ1) is 13.7. The van der Waals surface area contributed by atoms with E-state index in [1.54, 1.807) is 11.1 Å². The van der Waals surface area contributed by atoms with Crippen molar-refractivity contribution in [3.05, 3.63) is 54.4 Å². The Labute approximate surface area is 161 Å². The van der Waals surface area contributed by atoms with Crippen LogP contribution in [0.25, 0.3) is 10.9 Å². The number of oxazole rings is 1. The summed E-state index contributed by atoms with van der Waals surface area (Å²) < 4.78 is 16.4. The summed E-state index contributed by atoms with van der Waals surface area (Å²) in [6.45, 7) is 2.93. The molecule has 2 aromatic heterocycles. The van der Waals surface area contributed by atoms with Crippen molar-refractivity contribution in [2.75, 3.05) is 19.8 Å². The van der Waals surface area contributed by atoms with Gasteiger partial charge in [0, 0.05) is 18.1 Å². The zero-order valence-electron chi connectivity index (χ0n) is 15.4. The third kappa shape index (κ3) is 3.69. The maximum atomic E-state index is 12.7. The first-order valence-corrected chi connectivity index (χ1v) is 9.14. The third-order valence-corrected chi connectivity index (χ3v) is 4.73. The molecular weight excluding hydrogens is 362 g/mol. The van der Waals surface area contributed by atoms with Gasteiger partial charge in [-0.25, -0.2) is 4.98 Å². The normalized spacial score (nSPS) is 19.1. The quantitative estimate of drug-likeness (QED) is 0.695. The molecule has 0 radical (unpaired) electrons. The largest absolute Gasteiger partial charge is 0.484 e. The number of nitrogens with zero attached hydrogens (tertiary/aromatic N) is 3. The van der Waals surface area contributed by atoms with Crippen LogP contribution in [0.2, 0.25) is 0 Å². The van der Waals surface area contributed by atoms with E-state index in [1.807, 2.05) is 37.3 Å². The molecule has 1 amide bonds. The minimum Gasteiger partial charge on any atom is -0.484 e. The van der Waals surface area contributed by atoms with Crippen LogP contribution in [0.5, 0.6) is 5.75 Å². The van der Waals surface area contributed by atoms with Gasteiger partial charge in [-0.05, 0) is 31.2 Å². The number of carbonyl (C=O) groups excluding carboxylic acids is 1. The molecule has 3 aromatic rings. The van der Waals surface area contributed by atoms with Gasteiger partial charge >= 0.3 is 0 Å². The van der Waals surface area contributed by atoms with Gasteiger partial charge in [0.1, 0.15) is 12.0 Å². The van der Waals surface area contributed by atoms with Gasteiger partial charge in [0.15, 0.2) is 12.3 Å². The van der Waals surface area contributed by atoms with E-state index < -0.39 is 6.10 Å². The smallest absolute Gasteiger partial charge is 0.276 e. The second-order valence-electron chi connectivity index (χ2n) is 6.54. The second-order valence-corrected chi connectivity index (χ2v) is 6.54. The topological polar surface area (TPSA) is 97.9 Å². The summed E-state index contributed by atoms with van der Waals surface area (Å²) in [5.41, 5.74) is 1.07. The molecule has 0 unspecified atom stereocenters. The summed E-state index contributed by atoms with van der Waals surface area (Å²) >= 11 is 0. The van der Waals surface area contributed by atoms with Gasteiger partial charge in [-0.2, -0.15) is 0 Å². The SMILES string of the molecule is CCN(C(=O)c1coc(COc2ccc3ncccc3c2)n1)[C@@H]1COC[C@H]1O. The predicted octanol–water partition coefficient (Wildman–Crippen LogP) is 2.02. The summed E-state index contributed by atoms with van der Waals surface area (Å²) in [4.78, 5) is 22.8. The van der Waals surface area contributed by atoms with Gasteiger partial charge in [-0.1, -0.05) is 6.07 Å². The molecular formula is C20H21N3O5. The summed E-state index contributed by atoms with van der Waals surface area (Å²) in [5.74, 6) is 0.658. The second kappa shape index (κ2) is 7.95. The Morgan fingerprint density at radius 1 is 1.36 bits per heavy atom. The molecule has 1 N–H and O–H groups in total. The molecule has 1 fully saturated rings. The van der Waals surface area contributed by atoms with Crippen molar-refractivity contribution in [3.8, 4) is 5.75 Å². The Hall–Kier alpha value is -2.97. The van der Waals surface area contributed by atoms with Crippen LogP contribution in [0.3, 0.4) is 0 Å². The first-order valence-electron chi connectivity index (χ1n) is 9.14. The van der Waals surface area contributed by atoms with E-state index >= 15 is 0 Å². The number of ether oxygens (including phenoxy) is 2. The number of pyridine rings is 1. The van der Waals surface area contributed by atoms with E-state index in [0.717, 1.165) is 10.9 Å². The highest BCUT2D eigenvalue weighted by atomic mass is 16.5. The van der Waals surface area contributed by atoms with Crippen LogP contribution in [-0.4, -0.2) is 57.8 Å². The van der Waals surface area contributed by atoms with Crippen molar-refractivity contribution in [3.63, 3.8) is 0 Å². The Morgan fingerprint density at radius 3 is 3.04 bits per heavy atom. The molecule has 1 aliphatic rings.